The minimum Gasteiger partial charge on any atom is -0.387 e. The van der Waals surface area contributed by atoms with Crippen molar-refractivity contribution < 1.29 is 0 Å². The second kappa shape index (κ2) is 11.9. The van der Waals surface area contributed by atoms with Crippen molar-refractivity contribution in [2.45, 2.75) is 6.92 Å². The topological polar surface area (TPSA) is 24.9 Å². The number of rotatable bonds is 5. The summed E-state index contributed by atoms with van der Waals surface area (Å²) in [5.74, 6) is 0.348. The van der Waals surface area contributed by atoms with Crippen molar-refractivity contribution in [2.24, 2.45) is 11.3 Å². The molecule has 5 aromatic rings. The van der Waals surface area contributed by atoms with Crippen LogP contribution in [0.25, 0.3) is 61.2 Å². The average Bonchev–Trinajstić information content (AvgIpc) is 3.18. The molecule has 1 aliphatic heterocycles. The Morgan fingerprint density at radius 2 is 1.33 bits per heavy atom. The maximum absolute atomic E-state index is 4.26. The molecule has 234 valence electrons. The van der Waals surface area contributed by atoms with Gasteiger partial charge in [0.25, 0.3) is 0 Å². The molecular weight excluding hydrogens is 593 g/mol. The highest BCUT2D eigenvalue weighted by molar-refractivity contribution is 5.89. The molecule has 2 nitrogen and oxygen atoms in total. The summed E-state index contributed by atoms with van der Waals surface area (Å²) in [5, 5.41) is 5.97. The van der Waals surface area contributed by atoms with Crippen LogP contribution in [0, 0.1) is 11.3 Å². The second-order valence-electron chi connectivity index (χ2n) is 13.4. The number of hydrogen-bond acceptors (Lipinski definition) is 2. The van der Waals surface area contributed by atoms with Gasteiger partial charge in [0.15, 0.2) is 0 Å². The van der Waals surface area contributed by atoms with Crippen molar-refractivity contribution in [2.75, 3.05) is 6.54 Å². The van der Waals surface area contributed by atoms with Crippen molar-refractivity contribution in [1.29, 1.82) is 0 Å². The van der Waals surface area contributed by atoms with E-state index in [0.717, 1.165) is 12.1 Å². The molecule has 1 N–H and O–H groups in total. The number of nitrogens with zero attached hydrogens (tertiary/aromatic N) is 1. The molecule has 1 aromatic heterocycles. The molecule has 0 radical (unpaired) electrons. The summed E-state index contributed by atoms with van der Waals surface area (Å²) in [6, 6.07) is 36.0. The van der Waals surface area contributed by atoms with Crippen LogP contribution in [0.4, 0.5) is 0 Å². The summed E-state index contributed by atoms with van der Waals surface area (Å²) in [5.41, 5.74) is 14.8. The molecule has 4 aliphatic rings. The van der Waals surface area contributed by atoms with Crippen LogP contribution in [-0.4, -0.2) is 11.5 Å². The molecule has 0 spiro atoms. The van der Waals surface area contributed by atoms with E-state index in [1.807, 2.05) is 18.6 Å². The van der Waals surface area contributed by atoms with Gasteiger partial charge in [0, 0.05) is 30.3 Å². The Balaban J connectivity index is 1.13. The standard InChI is InChI=1S/C47H36N2/c1-47-23-7-6-12-46(47)44-31-36(17-18-42(44)43-10-4-5-11-45(43)47)32-13-15-35(16-14-32)40-8-2-3-9-41(40)39-29-37(33-19-24-48-25-20-33)28-38(30-39)34-21-26-49-27-22-34/h2-26,28-31,45,49H,27H2,1H3. The van der Waals surface area contributed by atoms with E-state index in [0.29, 0.717) is 5.92 Å². The van der Waals surface area contributed by atoms with Crippen molar-refractivity contribution in [1.82, 2.24) is 10.3 Å². The normalized spacial score (nSPS) is 19.9. The lowest BCUT2D eigenvalue weighted by Crippen LogP contribution is -2.44. The van der Waals surface area contributed by atoms with Crippen LogP contribution in [0.5, 0.6) is 0 Å². The van der Waals surface area contributed by atoms with Crippen molar-refractivity contribution in [3.8, 4) is 44.5 Å². The first-order valence-electron chi connectivity index (χ1n) is 17.1. The van der Waals surface area contributed by atoms with Crippen LogP contribution >= 0.6 is 0 Å². The maximum Gasteiger partial charge on any atom is 0.0334 e. The van der Waals surface area contributed by atoms with Gasteiger partial charge in [-0.25, -0.2) is 0 Å². The Bertz CT molecular complexity index is 2430. The molecule has 49 heavy (non-hydrogen) atoms. The van der Waals surface area contributed by atoms with Crippen LogP contribution < -0.4 is 15.8 Å². The van der Waals surface area contributed by atoms with Crippen molar-refractivity contribution >= 4 is 16.7 Å². The largest absolute Gasteiger partial charge is 0.387 e. The van der Waals surface area contributed by atoms with Gasteiger partial charge in [0.2, 0.25) is 0 Å². The number of hydrogen-bond donors (Lipinski definition) is 1. The number of fused-ring (bicyclic) bond motifs is 4. The molecule has 2 heteroatoms. The lowest BCUT2D eigenvalue weighted by atomic mass is 9.62. The lowest BCUT2D eigenvalue weighted by molar-refractivity contribution is 0.484. The first-order chi connectivity index (χ1) is 24.2. The molecule has 0 amide bonds. The van der Waals surface area contributed by atoms with Gasteiger partial charge >= 0.3 is 0 Å². The highest BCUT2D eigenvalue weighted by atomic mass is 14.8. The molecule has 0 bridgehead atoms. The summed E-state index contributed by atoms with van der Waals surface area (Å²) in [6.07, 6.45) is 28.3. The van der Waals surface area contributed by atoms with Crippen LogP contribution in [0.2, 0.25) is 0 Å². The summed E-state index contributed by atoms with van der Waals surface area (Å²) in [7, 11) is 0. The van der Waals surface area contributed by atoms with Gasteiger partial charge in [-0.2, -0.15) is 0 Å². The van der Waals surface area contributed by atoms with Gasteiger partial charge < -0.3 is 5.32 Å². The highest BCUT2D eigenvalue weighted by Gasteiger charge is 2.39. The summed E-state index contributed by atoms with van der Waals surface area (Å²) in [6.45, 7) is 3.21. The molecule has 3 aliphatic carbocycles. The van der Waals surface area contributed by atoms with E-state index in [1.54, 1.807) is 0 Å². The zero-order chi connectivity index (χ0) is 32.8. The smallest absolute Gasteiger partial charge is 0.0334 e. The maximum atomic E-state index is 4.26. The predicted molar refractivity (Wildman–Crippen MR) is 205 cm³/mol. The van der Waals surface area contributed by atoms with Gasteiger partial charge in [-0.15, -0.1) is 0 Å². The van der Waals surface area contributed by atoms with Crippen molar-refractivity contribution in [3.63, 3.8) is 0 Å². The molecule has 0 saturated carbocycles. The van der Waals surface area contributed by atoms with Gasteiger partial charge in [-0.3, -0.25) is 4.98 Å². The van der Waals surface area contributed by atoms with Crippen LogP contribution in [-0.2, 0) is 0 Å². The third kappa shape index (κ3) is 5.08. The van der Waals surface area contributed by atoms with E-state index in [4.69, 9.17) is 0 Å². The molecular formula is C47H36N2. The molecule has 2 heterocycles. The van der Waals surface area contributed by atoms with Crippen LogP contribution in [0.1, 0.15) is 12.5 Å². The van der Waals surface area contributed by atoms with Crippen molar-refractivity contribution in [3.05, 3.63) is 192 Å². The number of aromatic nitrogens is 1. The number of benzene rings is 4. The Morgan fingerprint density at radius 3 is 2.14 bits per heavy atom. The minimum atomic E-state index is -0.0558. The van der Waals surface area contributed by atoms with Gasteiger partial charge in [-0.05, 0) is 126 Å². The fourth-order valence-electron chi connectivity index (χ4n) is 8.01. The van der Waals surface area contributed by atoms with Crippen LogP contribution in [0.15, 0.2) is 176 Å². The van der Waals surface area contributed by atoms with E-state index < -0.39 is 0 Å². The lowest BCUT2D eigenvalue weighted by Gasteiger charge is -2.41. The summed E-state index contributed by atoms with van der Waals surface area (Å²) < 4.78 is 0. The highest BCUT2D eigenvalue weighted by Crippen LogP contribution is 2.47. The Kier molecular flexibility index (Phi) is 7.09. The fourth-order valence-corrected chi connectivity index (χ4v) is 8.01. The first-order valence-corrected chi connectivity index (χ1v) is 17.1. The number of nitrogens with one attached hydrogen (secondary N) is 1. The Hall–Kier alpha value is -5.99. The zero-order valence-electron chi connectivity index (χ0n) is 27.5. The van der Waals surface area contributed by atoms with Gasteiger partial charge in [0.1, 0.15) is 0 Å². The van der Waals surface area contributed by atoms with E-state index >= 15 is 0 Å². The zero-order valence-corrected chi connectivity index (χ0v) is 27.5. The third-order valence-electron chi connectivity index (χ3n) is 10.6. The third-order valence-corrected chi connectivity index (χ3v) is 10.6. The fraction of sp³-hybridized carbons (Fsp3) is 0.0851. The molecule has 9 rings (SSSR count). The average molecular weight is 629 g/mol. The molecule has 0 saturated heterocycles. The first kappa shape index (κ1) is 29.2. The Morgan fingerprint density at radius 1 is 0.612 bits per heavy atom. The monoisotopic (exact) mass is 628 g/mol. The van der Waals surface area contributed by atoms with Gasteiger partial charge in [-0.1, -0.05) is 122 Å². The predicted octanol–water partition coefficient (Wildman–Crippen LogP) is 9.44. The quantitative estimate of drug-likeness (QED) is 0.210. The molecule has 4 aromatic carbocycles. The van der Waals surface area contributed by atoms with E-state index in [-0.39, 0.29) is 5.41 Å². The van der Waals surface area contributed by atoms with E-state index in [1.165, 1.54) is 71.7 Å². The number of pyridine rings is 1. The van der Waals surface area contributed by atoms with E-state index in [9.17, 15) is 0 Å². The van der Waals surface area contributed by atoms with E-state index in [2.05, 4.69) is 175 Å². The van der Waals surface area contributed by atoms with Crippen LogP contribution in [0.3, 0.4) is 0 Å². The molecule has 2 unspecified atom stereocenters. The molecule has 0 fully saturated rings. The minimum absolute atomic E-state index is 0.0558. The summed E-state index contributed by atoms with van der Waals surface area (Å²) in [4.78, 5) is 4.26. The number of dihydropyridines is 1. The second-order valence-corrected chi connectivity index (χ2v) is 13.4. The SMILES string of the molecule is CC12C=CC=CC1=c1cc(-c3ccc(-c4ccccc4-c4cc(C5=CCNC=C5)cc(-c5ccncc5)c4)cc3)ccc1=C1C=CC=CC12. The molecule has 2 atom stereocenters. The number of allylic oxidation sites excluding steroid dienone is 10. The summed E-state index contributed by atoms with van der Waals surface area (Å²) >= 11 is 0. The Labute approximate surface area is 287 Å². The van der Waals surface area contributed by atoms with Gasteiger partial charge in [0.05, 0.1) is 0 Å².